The van der Waals surface area contributed by atoms with Crippen LogP contribution in [-0.4, -0.2) is 34.2 Å². The van der Waals surface area contributed by atoms with Crippen molar-refractivity contribution in [2.45, 2.75) is 13.8 Å². The van der Waals surface area contributed by atoms with Crippen molar-refractivity contribution in [1.29, 1.82) is 0 Å². The average molecular weight is 362 g/mol. The third-order valence-electron chi connectivity index (χ3n) is 3.94. The van der Waals surface area contributed by atoms with E-state index in [0.717, 1.165) is 16.9 Å². The smallest absolute Gasteiger partial charge is 0.251 e. The van der Waals surface area contributed by atoms with Gasteiger partial charge in [0.15, 0.2) is 5.82 Å². The van der Waals surface area contributed by atoms with Crippen LogP contribution in [0.2, 0.25) is 0 Å². The minimum absolute atomic E-state index is 0.0777. The van der Waals surface area contributed by atoms with Crippen LogP contribution in [0.3, 0.4) is 0 Å². The first-order chi connectivity index (χ1) is 13.1. The van der Waals surface area contributed by atoms with Gasteiger partial charge in [0.05, 0.1) is 0 Å². The molecular weight excluding hydrogens is 340 g/mol. The maximum atomic E-state index is 12.1. The lowest BCUT2D eigenvalue weighted by Gasteiger charge is -2.09. The molecule has 138 valence electrons. The Labute approximate surface area is 158 Å². The molecule has 7 nitrogen and oxygen atoms in total. The third-order valence-corrected chi connectivity index (χ3v) is 3.94. The predicted molar refractivity (Wildman–Crippen MR) is 106 cm³/mol. The number of benzene rings is 1. The number of amides is 1. The minimum atomic E-state index is -0.0777. The van der Waals surface area contributed by atoms with Crippen molar-refractivity contribution in [1.82, 2.24) is 20.5 Å². The fourth-order valence-corrected chi connectivity index (χ4v) is 2.46. The summed E-state index contributed by atoms with van der Waals surface area (Å²) in [6, 6.07) is 15.0. The summed E-state index contributed by atoms with van der Waals surface area (Å²) >= 11 is 0. The number of pyridine rings is 1. The Balaban J connectivity index is 1.44. The molecule has 0 unspecified atom stereocenters. The van der Waals surface area contributed by atoms with Gasteiger partial charge in [-0.1, -0.05) is 24.3 Å². The average Bonchev–Trinajstić information content (AvgIpc) is 2.68. The van der Waals surface area contributed by atoms with Gasteiger partial charge < -0.3 is 16.0 Å². The van der Waals surface area contributed by atoms with Crippen molar-refractivity contribution in [2.75, 3.05) is 23.7 Å². The highest BCUT2D eigenvalue weighted by atomic mass is 16.1. The van der Waals surface area contributed by atoms with Crippen LogP contribution in [0.25, 0.3) is 0 Å². The Kier molecular flexibility index (Phi) is 5.94. The number of hydrogen-bond acceptors (Lipinski definition) is 6. The molecule has 0 aliphatic rings. The molecule has 2 aromatic heterocycles. The summed E-state index contributed by atoms with van der Waals surface area (Å²) in [5, 5.41) is 17.4. The second-order valence-corrected chi connectivity index (χ2v) is 6.15. The van der Waals surface area contributed by atoms with E-state index in [1.54, 1.807) is 6.20 Å². The normalized spacial score (nSPS) is 10.3. The molecule has 0 aliphatic heterocycles. The van der Waals surface area contributed by atoms with Crippen LogP contribution in [0.15, 0.2) is 54.7 Å². The second kappa shape index (κ2) is 8.75. The molecule has 7 heteroatoms. The first-order valence-corrected chi connectivity index (χ1v) is 8.73. The summed E-state index contributed by atoms with van der Waals surface area (Å²) in [5.74, 6) is 1.90. The molecule has 3 rings (SSSR count). The molecule has 0 bridgehead atoms. The molecule has 0 saturated carbocycles. The lowest BCUT2D eigenvalue weighted by Crippen LogP contribution is -2.29. The van der Waals surface area contributed by atoms with E-state index in [9.17, 15) is 4.79 Å². The van der Waals surface area contributed by atoms with E-state index in [2.05, 4.69) is 31.1 Å². The standard InChI is InChI=1S/C20H22N6O/c1-14-7-8-17(23-13-14)24-19-10-9-18(25-26-19)21-11-12-22-20(27)16-6-4-3-5-15(16)2/h3-10,13H,11-12H2,1-2H3,(H,21,25)(H,22,27)(H,23,24,26). The maximum absolute atomic E-state index is 12.1. The maximum Gasteiger partial charge on any atom is 0.251 e. The highest BCUT2D eigenvalue weighted by Gasteiger charge is 2.07. The second-order valence-electron chi connectivity index (χ2n) is 6.15. The number of carbonyl (C=O) groups excluding carboxylic acids is 1. The van der Waals surface area contributed by atoms with E-state index in [1.165, 1.54) is 0 Å². The minimum Gasteiger partial charge on any atom is -0.367 e. The quantitative estimate of drug-likeness (QED) is 0.560. The van der Waals surface area contributed by atoms with Gasteiger partial charge in [0, 0.05) is 24.8 Å². The zero-order chi connectivity index (χ0) is 19.1. The van der Waals surface area contributed by atoms with Crippen molar-refractivity contribution in [3.05, 3.63) is 71.4 Å². The molecule has 1 amide bonds. The molecule has 3 N–H and O–H groups in total. The van der Waals surface area contributed by atoms with E-state index in [4.69, 9.17) is 0 Å². The first kappa shape index (κ1) is 18.3. The third kappa shape index (κ3) is 5.24. The van der Waals surface area contributed by atoms with Crippen molar-refractivity contribution < 1.29 is 4.79 Å². The van der Waals surface area contributed by atoms with E-state index in [0.29, 0.717) is 30.3 Å². The molecule has 0 atom stereocenters. The van der Waals surface area contributed by atoms with Gasteiger partial charge >= 0.3 is 0 Å². The molecule has 0 fully saturated rings. The Morgan fingerprint density at radius 3 is 2.33 bits per heavy atom. The fourth-order valence-electron chi connectivity index (χ4n) is 2.46. The van der Waals surface area contributed by atoms with Gasteiger partial charge in [-0.05, 0) is 49.2 Å². The lowest BCUT2D eigenvalue weighted by atomic mass is 10.1. The van der Waals surface area contributed by atoms with Crippen LogP contribution in [0.4, 0.5) is 17.5 Å². The van der Waals surface area contributed by atoms with Crippen LogP contribution in [-0.2, 0) is 0 Å². The number of anilines is 3. The van der Waals surface area contributed by atoms with E-state index in [1.807, 2.05) is 62.4 Å². The molecule has 1 aromatic carbocycles. The first-order valence-electron chi connectivity index (χ1n) is 8.73. The molecule has 3 aromatic rings. The summed E-state index contributed by atoms with van der Waals surface area (Å²) in [7, 11) is 0. The summed E-state index contributed by atoms with van der Waals surface area (Å²) in [5.41, 5.74) is 2.75. The number of carbonyl (C=O) groups is 1. The molecule has 0 saturated heterocycles. The van der Waals surface area contributed by atoms with Gasteiger partial charge in [-0.3, -0.25) is 4.79 Å². The monoisotopic (exact) mass is 362 g/mol. The van der Waals surface area contributed by atoms with E-state index in [-0.39, 0.29) is 5.91 Å². The van der Waals surface area contributed by atoms with Crippen molar-refractivity contribution in [3.63, 3.8) is 0 Å². The largest absolute Gasteiger partial charge is 0.367 e. The molecule has 2 heterocycles. The highest BCUT2D eigenvalue weighted by molar-refractivity contribution is 5.95. The summed E-state index contributed by atoms with van der Waals surface area (Å²) < 4.78 is 0. The zero-order valence-corrected chi connectivity index (χ0v) is 15.4. The summed E-state index contributed by atoms with van der Waals surface area (Å²) in [6.45, 7) is 4.95. The number of rotatable bonds is 7. The molecule has 27 heavy (non-hydrogen) atoms. The van der Waals surface area contributed by atoms with Crippen LogP contribution in [0.5, 0.6) is 0 Å². The SMILES string of the molecule is Cc1ccc(Nc2ccc(NCCNC(=O)c3ccccc3C)nn2)nc1. The van der Waals surface area contributed by atoms with Gasteiger partial charge in [-0.25, -0.2) is 4.98 Å². The van der Waals surface area contributed by atoms with Crippen molar-refractivity contribution >= 4 is 23.4 Å². The summed E-state index contributed by atoms with van der Waals surface area (Å²) in [4.78, 5) is 16.4. The van der Waals surface area contributed by atoms with Crippen molar-refractivity contribution in [3.8, 4) is 0 Å². The van der Waals surface area contributed by atoms with Crippen LogP contribution < -0.4 is 16.0 Å². The summed E-state index contributed by atoms with van der Waals surface area (Å²) in [6.07, 6.45) is 1.79. The molecular formula is C20H22N6O. The molecule has 0 aliphatic carbocycles. The number of nitrogens with one attached hydrogen (secondary N) is 3. The zero-order valence-electron chi connectivity index (χ0n) is 15.4. The van der Waals surface area contributed by atoms with Gasteiger partial charge in [0.1, 0.15) is 11.6 Å². The Bertz CT molecular complexity index is 893. The molecule has 0 spiro atoms. The van der Waals surface area contributed by atoms with E-state index >= 15 is 0 Å². The Hall–Kier alpha value is -3.48. The highest BCUT2D eigenvalue weighted by Crippen LogP contribution is 2.12. The number of nitrogens with zero attached hydrogens (tertiary/aromatic N) is 3. The number of aromatic nitrogens is 3. The van der Waals surface area contributed by atoms with E-state index < -0.39 is 0 Å². The van der Waals surface area contributed by atoms with Gasteiger partial charge in [0.25, 0.3) is 5.91 Å². The Morgan fingerprint density at radius 2 is 1.63 bits per heavy atom. The number of aryl methyl sites for hydroxylation is 2. The number of hydrogen-bond donors (Lipinski definition) is 3. The van der Waals surface area contributed by atoms with Gasteiger partial charge in [-0.2, -0.15) is 0 Å². The lowest BCUT2D eigenvalue weighted by molar-refractivity contribution is 0.0954. The van der Waals surface area contributed by atoms with Crippen LogP contribution >= 0.6 is 0 Å². The van der Waals surface area contributed by atoms with Crippen molar-refractivity contribution in [2.24, 2.45) is 0 Å². The fraction of sp³-hybridized carbons (Fsp3) is 0.200. The van der Waals surface area contributed by atoms with Gasteiger partial charge in [0.2, 0.25) is 0 Å². The van der Waals surface area contributed by atoms with Gasteiger partial charge in [-0.15, -0.1) is 10.2 Å². The predicted octanol–water partition coefficient (Wildman–Crippen LogP) is 3.07. The van der Waals surface area contributed by atoms with Crippen LogP contribution in [0, 0.1) is 13.8 Å². The molecule has 0 radical (unpaired) electrons. The topological polar surface area (TPSA) is 91.8 Å². The van der Waals surface area contributed by atoms with Crippen LogP contribution in [0.1, 0.15) is 21.5 Å². The Morgan fingerprint density at radius 1 is 0.889 bits per heavy atom.